The van der Waals surface area contributed by atoms with Crippen LogP contribution in [0.25, 0.3) is 10.9 Å². The molecule has 6 nitrogen and oxygen atoms in total. The van der Waals surface area contributed by atoms with Gasteiger partial charge in [0.1, 0.15) is 17.9 Å². The van der Waals surface area contributed by atoms with Crippen LogP contribution in [-0.2, 0) is 0 Å². The van der Waals surface area contributed by atoms with Crippen LogP contribution in [0.1, 0.15) is 11.1 Å². The predicted octanol–water partition coefficient (Wildman–Crippen LogP) is 2.65. The van der Waals surface area contributed by atoms with Crippen molar-refractivity contribution >= 4 is 45.0 Å². The molecule has 23 heavy (non-hydrogen) atoms. The maximum atomic E-state index is 9.59. The lowest BCUT2D eigenvalue weighted by Gasteiger charge is -2.10. The second-order valence-corrected chi connectivity index (χ2v) is 6.13. The van der Waals surface area contributed by atoms with E-state index in [0.717, 1.165) is 26.0 Å². The fourth-order valence-corrected chi connectivity index (χ4v) is 2.65. The third-order valence-electron chi connectivity index (χ3n) is 3.46. The molecule has 0 amide bonds. The number of hydrogen-bond donors (Lipinski definition) is 2. The van der Waals surface area contributed by atoms with E-state index in [1.54, 1.807) is 12.4 Å². The van der Waals surface area contributed by atoms with E-state index in [2.05, 4.69) is 63.9 Å². The lowest BCUT2D eigenvalue weighted by atomic mass is 10.1. The van der Waals surface area contributed by atoms with Crippen molar-refractivity contribution in [2.24, 2.45) is 0 Å². The summed E-state index contributed by atoms with van der Waals surface area (Å²) in [5.74, 6) is 1.05. The summed E-state index contributed by atoms with van der Waals surface area (Å²) in [6.45, 7) is 4.15. The van der Waals surface area contributed by atoms with Crippen molar-refractivity contribution in [2.45, 2.75) is 13.8 Å². The van der Waals surface area contributed by atoms with Crippen molar-refractivity contribution in [3.05, 3.63) is 51.4 Å². The van der Waals surface area contributed by atoms with Crippen LogP contribution in [0.2, 0.25) is 0 Å². The number of aromatic nitrogens is 2. The number of phenolic OH excluding ortho intramolecular Hbond substituents is 1. The number of phenols is 1. The van der Waals surface area contributed by atoms with Gasteiger partial charge < -0.3 is 21.4 Å². The molecule has 0 aliphatic carbocycles. The molecule has 2 aromatic carbocycles. The minimum atomic E-state index is 0. The Labute approximate surface area is 147 Å². The zero-order chi connectivity index (χ0) is 15.0. The summed E-state index contributed by atoms with van der Waals surface area (Å²) in [7, 11) is 0. The van der Waals surface area contributed by atoms with Crippen molar-refractivity contribution in [2.75, 3.05) is 5.32 Å². The molecule has 0 spiro atoms. The van der Waals surface area contributed by atoms with Gasteiger partial charge >= 0.3 is 0 Å². The Hall–Kier alpha value is -1.97. The largest absolute Gasteiger partial charge is 0.507 e. The van der Waals surface area contributed by atoms with Gasteiger partial charge in [0, 0.05) is 11.1 Å². The third kappa shape index (κ3) is 3.87. The summed E-state index contributed by atoms with van der Waals surface area (Å²) in [5, 5.41) is 13.9. The van der Waals surface area contributed by atoms with Crippen LogP contribution in [0.15, 0.2) is 36.7 Å². The molecule has 0 radical (unpaired) electrons. The Morgan fingerprint density at radius 2 is 1.70 bits per heavy atom. The number of anilines is 2. The standard InChI is InChI=1S/C16H14IN3O.2H2O/c1-9-5-12-14(6-10(9)2)18-8-19-16(12)20-11-3-4-15(21)13(17)7-11;;/h3-8,21H,1-2H3,(H,18,19,20);2*1H2. The van der Waals surface area contributed by atoms with Crippen LogP contribution >= 0.6 is 22.6 Å². The lowest BCUT2D eigenvalue weighted by Crippen LogP contribution is -1.97. The van der Waals surface area contributed by atoms with Crippen LogP contribution in [0.4, 0.5) is 11.5 Å². The molecule has 0 saturated heterocycles. The molecular weight excluding hydrogens is 409 g/mol. The number of hydrogen-bond acceptors (Lipinski definition) is 4. The Morgan fingerprint density at radius 1 is 1.00 bits per heavy atom. The monoisotopic (exact) mass is 427 g/mol. The number of halogens is 1. The molecule has 1 aromatic heterocycles. The Morgan fingerprint density at radius 3 is 2.39 bits per heavy atom. The summed E-state index contributed by atoms with van der Waals surface area (Å²) in [4.78, 5) is 8.66. The molecule has 0 aliphatic heterocycles. The maximum Gasteiger partial charge on any atom is 0.141 e. The van der Waals surface area contributed by atoms with Crippen LogP contribution < -0.4 is 5.32 Å². The number of aromatic hydroxyl groups is 1. The van der Waals surface area contributed by atoms with Gasteiger partial charge in [-0.1, -0.05) is 0 Å². The smallest absolute Gasteiger partial charge is 0.141 e. The van der Waals surface area contributed by atoms with E-state index in [0.29, 0.717) is 0 Å². The van der Waals surface area contributed by atoms with Crippen molar-refractivity contribution in [3.8, 4) is 5.75 Å². The highest BCUT2D eigenvalue weighted by Gasteiger charge is 2.07. The Balaban J connectivity index is 0.00000132. The van der Waals surface area contributed by atoms with Gasteiger partial charge in [-0.3, -0.25) is 0 Å². The molecule has 0 unspecified atom stereocenters. The molecule has 0 saturated carbocycles. The molecule has 122 valence electrons. The van der Waals surface area contributed by atoms with E-state index >= 15 is 0 Å². The number of fused-ring (bicyclic) bond motifs is 1. The van der Waals surface area contributed by atoms with Crippen LogP contribution in [-0.4, -0.2) is 26.0 Å². The Bertz CT molecular complexity index is 840. The summed E-state index contributed by atoms with van der Waals surface area (Å²) in [6, 6.07) is 9.54. The second-order valence-electron chi connectivity index (χ2n) is 4.97. The molecule has 3 aromatic rings. The van der Waals surface area contributed by atoms with E-state index < -0.39 is 0 Å². The van der Waals surface area contributed by atoms with E-state index in [1.165, 1.54) is 11.1 Å². The van der Waals surface area contributed by atoms with E-state index in [9.17, 15) is 5.11 Å². The first-order valence-corrected chi connectivity index (χ1v) is 7.60. The molecule has 0 atom stereocenters. The summed E-state index contributed by atoms with van der Waals surface area (Å²) in [6.07, 6.45) is 1.56. The highest BCUT2D eigenvalue weighted by molar-refractivity contribution is 14.1. The minimum Gasteiger partial charge on any atom is -0.507 e. The van der Waals surface area contributed by atoms with Gasteiger partial charge in [-0.15, -0.1) is 0 Å². The quantitative estimate of drug-likeness (QED) is 0.482. The van der Waals surface area contributed by atoms with Gasteiger partial charge in [0.2, 0.25) is 0 Å². The SMILES string of the molecule is Cc1cc2ncnc(Nc3ccc(O)c(I)c3)c2cc1C.O.O. The number of aryl methyl sites for hydroxylation is 2. The number of rotatable bonds is 2. The maximum absolute atomic E-state index is 9.59. The topological polar surface area (TPSA) is 121 Å². The zero-order valence-electron chi connectivity index (χ0n) is 12.7. The predicted molar refractivity (Wildman–Crippen MR) is 100 cm³/mol. The Kier molecular flexibility index (Phi) is 6.25. The molecule has 0 bridgehead atoms. The first-order chi connectivity index (χ1) is 10.0. The first-order valence-electron chi connectivity index (χ1n) is 6.52. The summed E-state index contributed by atoms with van der Waals surface area (Å²) >= 11 is 2.10. The molecule has 7 heteroatoms. The van der Waals surface area contributed by atoms with Crippen molar-refractivity contribution in [1.29, 1.82) is 0 Å². The van der Waals surface area contributed by atoms with Gasteiger partial charge in [-0.05, 0) is 77.9 Å². The lowest BCUT2D eigenvalue weighted by molar-refractivity contribution is 0.471. The summed E-state index contributed by atoms with van der Waals surface area (Å²) < 4.78 is 0.794. The van der Waals surface area contributed by atoms with Gasteiger partial charge in [-0.25, -0.2) is 9.97 Å². The van der Waals surface area contributed by atoms with E-state index in [1.807, 2.05) is 12.1 Å². The number of nitrogens with one attached hydrogen (secondary N) is 1. The number of nitrogens with zero attached hydrogens (tertiary/aromatic N) is 2. The molecular formula is C16H18IN3O3. The molecule has 1 heterocycles. The van der Waals surface area contributed by atoms with Crippen molar-refractivity contribution < 1.29 is 16.1 Å². The van der Waals surface area contributed by atoms with Crippen LogP contribution in [0, 0.1) is 17.4 Å². The van der Waals surface area contributed by atoms with Crippen molar-refractivity contribution in [3.63, 3.8) is 0 Å². The fourth-order valence-electron chi connectivity index (χ4n) is 2.14. The average molecular weight is 427 g/mol. The second kappa shape index (κ2) is 7.53. The molecule has 0 fully saturated rings. The van der Waals surface area contributed by atoms with E-state index in [4.69, 9.17) is 0 Å². The van der Waals surface area contributed by atoms with Gasteiger partial charge in [0.15, 0.2) is 0 Å². The first kappa shape index (κ1) is 19.1. The third-order valence-corrected chi connectivity index (χ3v) is 4.33. The normalized spacial score (nSPS) is 9.87. The summed E-state index contributed by atoms with van der Waals surface area (Å²) in [5.41, 5.74) is 4.23. The van der Waals surface area contributed by atoms with Crippen LogP contribution in [0.3, 0.4) is 0 Å². The minimum absolute atomic E-state index is 0. The zero-order valence-corrected chi connectivity index (χ0v) is 14.8. The van der Waals surface area contributed by atoms with Crippen LogP contribution in [0.5, 0.6) is 5.75 Å². The van der Waals surface area contributed by atoms with Gasteiger partial charge in [0.05, 0.1) is 9.09 Å². The average Bonchev–Trinajstić information content (AvgIpc) is 2.45. The molecule has 0 aliphatic rings. The van der Waals surface area contributed by atoms with Gasteiger partial charge in [0.25, 0.3) is 0 Å². The number of benzene rings is 2. The highest BCUT2D eigenvalue weighted by Crippen LogP contribution is 2.28. The fraction of sp³-hybridized carbons (Fsp3) is 0.125. The van der Waals surface area contributed by atoms with E-state index in [-0.39, 0.29) is 16.7 Å². The highest BCUT2D eigenvalue weighted by atomic mass is 127. The van der Waals surface area contributed by atoms with Crippen molar-refractivity contribution in [1.82, 2.24) is 9.97 Å². The molecule has 3 rings (SSSR count). The molecule has 6 N–H and O–H groups in total. The van der Waals surface area contributed by atoms with Gasteiger partial charge in [-0.2, -0.15) is 0 Å².